The largest absolute Gasteiger partial charge is 0.359 e. The van der Waals surface area contributed by atoms with E-state index >= 15 is 0 Å². The van der Waals surface area contributed by atoms with Gasteiger partial charge in [0.15, 0.2) is 5.76 Å². The lowest BCUT2D eigenvalue weighted by Crippen LogP contribution is -2.26. The number of pyridine rings is 1. The summed E-state index contributed by atoms with van der Waals surface area (Å²) in [4.78, 5) is 4.19. The van der Waals surface area contributed by atoms with Crippen LogP contribution in [0.3, 0.4) is 0 Å². The van der Waals surface area contributed by atoms with Gasteiger partial charge >= 0.3 is 0 Å². The van der Waals surface area contributed by atoms with E-state index in [9.17, 15) is 8.42 Å². The molecule has 0 saturated carbocycles. The zero-order valence-corrected chi connectivity index (χ0v) is 13.3. The number of rotatable bonds is 5. The van der Waals surface area contributed by atoms with E-state index in [1.807, 2.05) is 12.1 Å². The van der Waals surface area contributed by atoms with Gasteiger partial charge in [0.25, 0.3) is 0 Å². The van der Waals surface area contributed by atoms with Crippen LogP contribution in [0.5, 0.6) is 0 Å². The molecular weight excluding hydrogens is 314 g/mol. The van der Waals surface area contributed by atoms with Gasteiger partial charge in [-0.25, -0.2) is 8.42 Å². The summed E-state index contributed by atoms with van der Waals surface area (Å²) < 4.78 is 31.4. The van der Waals surface area contributed by atoms with Gasteiger partial charge in [0.2, 0.25) is 10.0 Å². The molecule has 0 aliphatic heterocycles. The van der Waals surface area contributed by atoms with Gasteiger partial charge in [0.05, 0.1) is 11.4 Å². The van der Waals surface area contributed by atoms with Crippen LogP contribution in [0.1, 0.15) is 5.76 Å². The zero-order chi connectivity index (χ0) is 16.3. The van der Waals surface area contributed by atoms with Crippen LogP contribution >= 0.6 is 0 Å². The van der Waals surface area contributed by atoms with Crippen LogP contribution in [-0.2, 0) is 16.6 Å². The topological polar surface area (TPSA) is 76.3 Å². The summed E-state index contributed by atoms with van der Waals surface area (Å²) in [5.41, 5.74) is 1.51. The fourth-order valence-corrected chi connectivity index (χ4v) is 3.28. The maximum absolute atomic E-state index is 12.5. The molecule has 2 aromatic heterocycles. The molecule has 3 rings (SSSR count). The van der Waals surface area contributed by atoms with Crippen molar-refractivity contribution in [1.82, 2.24) is 14.4 Å². The molecule has 0 atom stereocenters. The minimum absolute atomic E-state index is 0.106. The standard InChI is InChI=1S/C16H15N3O3S/c1-19(23(20,21)15-5-3-2-4-6-15)12-14-11-16(18-22-14)13-7-9-17-10-8-13/h2-11H,12H2,1H3. The molecule has 2 heterocycles. The smallest absolute Gasteiger partial charge is 0.243 e. The van der Waals surface area contributed by atoms with E-state index in [1.54, 1.807) is 48.8 Å². The maximum atomic E-state index is 12.5. The third kappa shape index (κ3) is 3.30. The molecule has 3 aromatic rings. The molecule has 0 N–H and O–H groups in total. The Morgan fingerprint density at radius 3 is 2.48 bits per heavy atom. The van der Waals surface area contributed by atoms with Crippen LogP contribution in [0.15, 0.2) is 70.3 Å². The van der Waals surface area contributed by atoms with Crippen molar-refractivity contribution in [3.8, 4) is 11.3 Å². The van der Waals surface area contributed by atoms with Gasteiger partial charge in [-0.15, -0.1) is 0 Å². The van der Waals surface area contributed by atoms with E-state index in [2.05, 4.69) is 10.1 Å². The molecule has 1 aromatic carbocycles. The highest BCUT2D eigenvalue weighted by Gasteiger charge is 2.22. The van der Waals surface area contributed by atoms with Crippen molar-refractivity contribution < 1.29 is 12.9 Å². The minimum atomic E-state index is -3.56. The zero-order valence-electron chi connectivity index (χ0n) is 12.5. The maximum Gasteiger partial charge on any atom is 0.243 e. The summed E-state index contributed by atoms with van der Waals surface area (Å²) in [7, 11) is -2.05. The second-order valence-corrected chi connectivity index (χ2v) is 7.03. The molecule has 0 aliphatic carbocycles. The SMILES string of the molecule is CN(Cc1cc(-c2ccncc2)no1)S(=O)(=O)c1ccccc1. The van der Waals surface area contributed by atoms with Crippen molar-refractivity contribution in [1.29, 1.82) is 0 Å². The van der Waals surface area contributed by atoms with Crippen LogP contribution < -0.4 is 0 Å². The third-order valence-electron chi connectivity index (χ3n) is 3.36. The van der Waals surface area contributed by atoms with Crippen LogP contribution in [0.25, 0.3) is 11.3 Å². The lowest BCUT2D eigenvalue weighted by molar-refractivity contribution is 0.344. The number of hydrogen-bond donors (Lipinski definition) is 0. The van der Waals surface area contributed by atoms with Crippen LogP contribution in [0.2, 0.25) is 0 Å². The summed E-state index contributed by atoms with van der Waals surface area (Å²) in [5.74, 6) is 0.471. The summed E-state index contributed by atoms with van der Waals surface area (Å²) in [6, 6.07) is 13.6. The Labute approximate surface area is 134 Å². The van der Waals surface area contributed by atoms with Crippen molar-refractivity contribution in [2.45, 2.75) is 11.4 Å². The van der Waals surface area contributed by atoms with Crippen molar-refractivity contribution in [2.75, 3.05) is 7.05 Å². The van der Waals surface area contributed by atoms with Gasteiger partial charge in [-0.2, -0.15) is 4.31 Å². The predicted molar refractivity (Wildman–Crippen MR) is 84.8 cm³/mol. The fraction of sp³-hybridized carbons (Fsp3) is 0.125. The molecule has 0 aliphatic rings. The van der Waals surface area contributed by atoms with E-state index in [1.165, 1.54) is 11.4 Å². The van der Waals surface area contributed by atoms with Crippen molar-refractivity contribution in [3.05, 3.63) is 66.7 Å². The number of nitrogens with zero attached hydrogens (tertiary/aromatic N) is 3. The first kappa shape index (κ1) is 15.4. The van der Waals surface area contributed by atoms with Crippen molar-refractivity contribution in [2.24, 2.45) is 0 Å². The van der Waals surface area contributed by atoms with Gasteiger partial charge in [0, 0.05) is 31.1 Å². The first-order valence-corrected chi connectivity index (χ1v) is 8.39. The molecule has 0 fully saturated rings. The van der Waals surface area contributed by atoms with Crippen LogP contribution in [0, 0.1) is 0 Å². The molecular formula is C16H15N3O3S. The lowest BCUT2D eigenvalue weighted by Gasteiger charge is -2.15. The second kappa shape index (κ2) is 6.31. The van der Waals surface area contributed by atoms with Gasteiger partial charge in [0.1, 0.15) is 5.69 Å². The summed E-state index contributed by atoms with van der Waals surface area (Å²) in [5, 5.41) is 3.97. The summed E-state index contributed by atoms with van der Waals surface area (Å²) in [6.45, 7) is 0.106. The molecule has 23 heavy (non-hydrogen) atoms. The molecule has 118 valence electrons. The molecule has 0 saturated heterocycles. The Hall–Kier alpha value is -2.51. The second-order valence-electron chi connectivity index (χ2n) is 4.99. The van der Waals surface area contributed by atoms with Gasteiger partial charge in [-0.3, -0.25) is 4.98 Å². The average molecular weight is 329 g/mol. The Bertz CT molecular complexity index is 877. The molecule has 0 radical (unpaired) electrons. The molecule has 7 heteroatoms. The number of hydrogen-bond acceptors (Lipinski definition) is 5. The fourth-order valence-electron chi connectivity index (χ4n) is 2.12. The lowest BCUT2D eigenvalue weighted by atomic mass is 10.2. The summed E-state index contributed by atoms with van der Waals surface area (Å²) >= 11 is 0. The van der Waals surface area contributed by atoms with E-state index in [0.29, 0.717) is 11.5 Å². The Morgan fingerprint density at radius 2 is 1.78 bits per heavy atom. The Kier molecular flexibility index (Phi) is 4.22. The van der Waals surface area contributed by atoms with Crippen LogP contribution in [-0.4, -0.2) is 29.9 Å². The minimum Gasteiger partial charge on any atom is -0.359 e. The van der Waals surface area contributed by atoms with Gasteiger partial charge in [-0.1, -0.05) is 23.4 Å². The molecule has 0 unspecified atom stereocenters. The highest BCUT2D eigenvalue weighted by Crippen LogP contribution is 2.21. The monoisotopic (exact) mass is 329 g/mol. The van der Waals surface area contributed by atoms with Crippen molar-refractivity contribution in [3.63, 3.8) is 0 Å². The Balaban J connectivity index is 1.79. The highest BCUT2D eigenvalue weighted by molar-refractivity contribution is 7.89. The van der Waals surface area contributed by atoms with E-state index in [0.717, 1.165) is 5.56 Å². The molecule has 6 nitrogen and oxygen atoms in total. The number of aromatic nitrogens is 2. The van der Waals surface area contributed by atoms with E-state index < -0.39 is 10.0 Å². The van der Waals surface area contributed by atoms with Gasteiger partial charge < -0.3 is 4.52 Å². The van der Waals surface area contributed by atoms with Gasteiger partial charge in [-0.05, 0) is 24.3 Å². The quantitative estimate of drug-likeness (QED) is 0.719. The molecule has 0 amide bonds. The molecule has 0 bridgehead atoms. The normalized spacial score (nSPS) is 11.7. The van der Waals surface area contributed by atoms with E-state index in [-0.39, 0.29) is 11.4 Å². The number of benzene rings is 1. The Morgan fingerprint density at radius 1 is 1.09 bits per heavy atom. The third-order valence-corrected chi connectivity index (χ3v) is 5.18. The predicted octanol–water partition coefficient (Wildman–Crippen LogP) is 2.56. The van der Waals surface area contributed by atoms with Crippen LogP contribution in [0.4, 0.5) is 0 Å². The average Bonchev–Trinajstić information content (AvgIpc) is 3.05. The highest BCUT2D eigenvalue weighted by atomic mass is 32.2. The van der Waals surface area contributed by atoms with Crippen molar-refractivity contribution >= 4 is 10.0 Å². The first-order valence-electron chi connectivity index (χ1n) is 6.95. The number of sulfonamides is 1. The first-order chi connectivity index (χ1) is 11.1. The van der Waals surface area contributed by atoms with E-state index in [4.69, 9.17) is 4.52 Å². The summed E-state index contributed by atoms with van der Waals surface area (Å²) in [6.07, 6.45) is 3.32. The molecule has 0 spiro atoms.